The third-order valence-electron chi connectivity index (χ3n) is 3.53. The van der Waals surface area contributed by atoms with Crippen LogP contribution in [0.2, 0.25) is 10.0 Å². The molecule has 0 amide bonds. The first-order valence-corrected chi connectivity index (χ1v) is 7.86. The SMILES string of the molecule is Cl.Clc1ccc(COc2ccccc2CNC2CC2)c(Cl)c1. The minimum Gasteiger partial charge on any atom is -0.489 e. The molecule has 0 saturated heterocycles. The summed E-state index contributed by atoms with van der Waals surface area (Å²) in [6, 6.07) is 14.3. The van der Waals surface area contributed by atoms with Crippen molar-refractivity contribution in [2.75, 3.05) is 0 Å². The molecular weight excluding hydrogens is 341 g/mol. The summed E-state index contributed by atoms with van der Waals surface area (Å²) < 4.78 is 5.93. The van der Waals surface area contributed by atoms with E-state index in [1.165, 1.54) is 18.4 Å². The predicted molar refractivity (Wildman–Crippen MR) is 94.3 cm³/mol. The first kappa shape index (κ1) is 17.4. The number of nitrogens with one attached hydrogen (secondary N) is 1. The van der Waals surface area contributed by atoms with Crippen LogP contribution in [0.15, 0.2) is 42.5 Å². The van der Waals surface area contributed by atoms with Gasteiger partial charge in [0.2, 0.25) is 0 Å². The zero-order valence-electron chi connectivity index (χ0n) is 12.0. The largest absolute Gasteiger partial charge is 0.489 e. The summed E-state index contributed by atoms with van der Waals surface area (Å²) in [4.78, 5) is 0. The van der Waals surface area contributed by atoms with Crippen molar-refractivity contribution in [2.45, 2.75) is 32.0 Å². The lowest BCUT2D eigenvalue weighted by atomic mass is 10.2. The summed E-state index contributed by atoms with van der Waals surface area (Å²) in [6.45, 7) is 1.28. The van der Waals surface area contributed by atoms with Gasteiger partial charge < -0.3 is 10.1 Å². The van der Waals surface area contributed by atoms with E-state index in [0.717, 1.165) is 17.9 Å². The van der Waals surface area contributed by atoms with Gasteiger partial charge in [0.1, 0.15) is 12.4 Å². The van der Waals surface area contributed by atoms with Gasteiger partial charge in [-0.1, -0.05) is 47.5 Å². The summed E-state index contributed by atoms with van der Waals surface area (Å²) >= 11 is 12.1. The maximum absolute atomic E-state index is 6.17. The molecule has 0 radical (unpaired) electrons. The van der Waals surface area contributed by atoms with E-state index in [2.05, 4.69) is 11.4 Å². The van der Waals surface area contributed by atoms with Crippen LogP contribution >= 0.6 is 35.6 Å². The Hall–Kier alpha value is -0.930. The summed E-state index contributed by atoms with van der Waals surface area (Å²) in [6.07, 6.45) is 2.56. The summed E-state index contributed by atoms with van der Waals surface area (Å²) in [5.74, 6) is 0.900. The Bertz CT molecular complexity index is 629. The molecule has 2 nitrogen and oxygen atoms in total. The number of para-hydroxylation sites is 1. The Kier molecular flexibility index (Phi) is 6.39. The van der Waals surface area contributed by atoms with Crippen molar-refractivity contribution >= 4 is 35.6 Å². The molecule has 0 atom stereocenters. The quantitative estimate of drug-likeness (QED) is 0.762. The second-order valence-corrected chi connectivity index (χ2v) is 6.13. The molecule has 0 spiro atoms. The van der Waals surface area contributed by atoms with Crippen LogP contribution in [0.1, 0.15) is 24.0 Å². The lowest BCUT2D eigenvalue weighted by Crippen LogP contribution is -2.16. The van der Waals surface area contributed by atoms with Crippen LogP contribution in [0.5, 0.6) is 5.75 Å². The van der Waals surface area contributed by atoms with E-state index in [1.54, 1.807) is 6.07 Å². The predicted octanol–water partition coefficient (Wildman–Crippen LogP) is 5.25. The van der Waals surface area contributed by atoms with Gasteiger partial charge in [0, 0.05) is 33.8 Å². The van der Waals surface area contributed by atoms with Crippen LogP contribution in [-0.2, 0) is 13.2 Å². The van der Waals surface area contributed by atoms with Gasteiger partial charge in [0.05, 0.1) is 0 Å². The lowest BCUT2D eigenvalue weighted by molar-refractivity contribution is 0.302. The molecule has 2 aromatic rings. The Labute approximate surface area is 147 Å². The van der Waals surface area contributed by atoms with Gasteiger partial charge in [-0.15, -0.1) is 12.4 Å². The van der Waals surface area contributed by atoms with Gasteiger partial charge >= 0.3 is 0 Å². The van der Waals surface area contributed by atoms with Crippen molar-refractivity contribution in [2.24, 2.45) is 0 Å². The summed E-state index contributed by atoms with van der Waals surface area (Å²) in [5, 5.41) is 4.78. The molecule has 1 aliphatic rings. The molecule has 1 saturated carbocycles. The number of halogens is 3. The van der Waals surface area contributed by atoms with E-state index in [0.29, 0.717) is 22.7 Å². The van der Waals surface area contributed by atoms with Crippen LogP contribution in [0.4, 0.5) is 0 Å². The normalized spacial score (nSPS) is 13.5. The molecule has 22 heavy (non-hydrogen) atoms. The number of benzene rings is 2. The van der Waals surface area contributed by atoms with E-state index >= 15 is 0 Å². The number of hydrogen-bond donors (Lipinski definition) is 1. The van der Waals surface area contributed by atoms with Gasteiger partial charge in [-0.2, -0.15) is 0 Å². The molecule has 1 N–H and O–H groups in total. The van der Waals surface area contributed by atoms with Crippen LogP contribution in [0.3, 0.4) is 0 Å². The van der Waals surface area contributed by atoms with Gasteiger partial charge in [0.15, 0.2) is 0 Å². The molecule has 0 heterocycles. The fourth-order valence-electron chi connectivity index (χ4n) is 2.13. The zero-order valence-corrected chi connectivity index (χ0v) is 14.3. The Morgan fingerprint density at radius 1 is 1.05 bits per heavy atom. The summed E-state index contributed by atoms with van der Waals surface area (Å²) in [7, 11) is 0. The number of ether oxygens (including phenoxy) is 1. The Balaban J connectivity index is 0.00000176. The molecule has 1 fully saturated rings. The van der Waals surface area contributed by atoms with Crippen molar-refractivity contribution in [1.82, 2.24) is 5.32 Å². The summed E-state index contributed by atoms with van der Waals surface area (Å²) in [5.41, 5.74) is 2.11. The van der Waals surface area contributed by atoms with Crippen molar-refractivity contribution < 1.29 is 4.74 Å². The average Bonchev–Trinajstić information content (AvgIpc) is 3.29. The van der Waals surface area contributed by atoms with E-state index in [1.807, 2.05) is 30.3 Å². The highest BCUT2D eigenvalue weighted by Gasteiger charge is 2.20. The van der Waals surface area contributed by atoms with Gasteiger partial charge in [-0.3, -0.25) is 0 Å². The van der Waals surface area contributed by atoms with Gasteiger partial charge in [-0.05, 0) is 31.0 Å². The van der Waals surface area contributed by atoms with Crippen LogP contribution < -0.4 is 10.1 Å². The topological polar surface area (TPSA) is 21.3 Å². The monoisotopic (exact) mass is 357 g/mol. The smallest absolute Gasteiger partial charge is 0.124 e. The Morgan fingerprint density at radius 2 is 1.82 bits per heavy atom. The fraction of sp³-hybridized carbons (Fsp3) is 0.294. The highest BCUT2D eigenvalue weighted by atomic mass is 35.5. The van der Waals surface area contributed by atoms with Crippen molar-refractivity contribution in [1.29, 1.82) is 0 Å². The molecule has 118 valence electrons. The first-order chi connectivity index (χ1) is 10.2. The van der Waals surface area contributed by atoms with Crippen molar-refractivity contribution in [3.63, 3.8) is 0 Å². The average molecular weight is 359 g/mol. The molecule has 0 aliphatic heterocycles. The fourth-order valence-corrected chi connectivity index (χ4v) is 2.59. The van der Waals surface area contributed by atoms with Crippen molar-refractivity contribution in [3.8, 4) is 5.75 Å². The Morgan fingerprint density at radius 3 is 2.55 bits per heavy atom. The minimum atomic E-state index is 0. The standard InChI is InChI=1S/C17H17Cl2NO.ClH/c18-14-6-5-13(16(19)9-14)11-21-17-4-2-1-3-12(17)10-20-15-7-8-15;/h1-6,9,15,20H,7-8,10-11H2;1H. The molecule has 0 unspecified atom stereocenters. The number of rotatable bonds is 6. The maximum Gasteiger partial charge on any atom is 0.124 e. The first-order valence-electron chi connectivity index (χ1n) is 7.10. The van der Waals surface area contributed by atoms with Gasteiger partial charge in [-0.25, -0.2) is 0 Å². The van der Waals surface area contributed by atoms with Crippen molar-refractivity contribution in [3.05, 3.63) is 63.6 Å². The van der Waals surface area contributed by atoms with Crippen LogP contribution in [0.25, 0.3) is 0 Å². The number of hydrogen-bond acceptors (Lipinski definition) is 2. The maximum atomic E-state index is 6.17. The van der Waals surface area contributed by atoms with E-state index in [4.69, 9.17) is 27.9 Å². The molecular formula is C17H18Cl3NO. The third-order valence-corrected chi connectivity index (χ3v) is 4.12. The molecule has 5 heteroatoms. The van der Waals surface area contributed by atoms with E-state index in [9.17, 15) is 0 Å². The minimum absolute atomic E-state index is 0. The zero-order chi connectivity index (χ0) is 14.7. The molecule has 0 bridgehead atoms. The third kappa shape index (κ3) is 4.79. The second-order valence-electron chi connectivity index (χ2n) is 5.29. The van der Waals surface area contributed by atoms with E-state index < -0.39 is 0 Å². The van der Waals surface area contributed by atoms with Crippen LogP contribution in [-0.4, -0.2) is 6.04 Å². The molecule has 3 rings (SSSR count). The van der Waals surface area contributed by atoms with Crippen LogP contribution in [0, 0.1) is 0 Å². The lowest BCUT2D eigenvalue weighted by Gasteiger charge is -2.13. The molecule has 0 aromatic heterocycles. The highest BCUT2D eigenvalue weighted by Crippen LogP contribution is 2.25. The van der Waals surface area contributed by atoms with Gasteiger partial charge in [0.25, 0.3) is 0 Å². The highest BCUT2D eigenvalue weighted by molar-refractivity contribution is 6.35. The van der Waals surface area contributed by atoms with E-state index in [-0.39, 0.29) is 12.4 Å². The second kappa shape index (κ2) is 8.07. The molecule has 1 aliphatic carbocycles. The molecule has 2 aromatic carbocycles.